The molecule has 0 radical (unpaired) electrons. The van der Waals surface area contributed by atoms with Crippen molar-refractivity contribution in [1.29, 1.82) is 0 Å². The van der Waals surface area contributed by atoms with Crippen LogP contribution >= 0.6 is 0 Å². The van der Waals surface area contributed by atoms with E-state index >= 15 is 0 Å². The number of halogens is 1. The largest absolute Gasteiger partial charge is 0.478 e. The molecule has 1 saturated heterocycles. The van der Waals surface area contributed by atoms with Gasteiger partial charge in [0.15, 0.2) is 5.78 Å². The molecule has 1 amide bonds. The normalized spacial score (nSPS) is 25.3. The molecule has 2 aromatic rings. The summed E-state index contributed by atoms with van der Waals surface area (Å²) in [5.74, 6) is -0.999. The molecule has 2 aliphatic rings. The molecule has 1 aliphatic carbocycles. The summed E-state index contributed by atoms with van der Waals surface area (Å²) in [4.78, 5) is 44.3. The van der Waals surface area contributed by atoms with Crippen molar-refractivity contribution in [3.05, 3.63) is 65.5 Å². The Balaban J connectivity index is 1.52. The first-order valence-corrected chi connectivity index (χ1v) is 12.5. The second kappa shape index (κ2) is 11.1. The lowest BCUT2D eigenvalue weighted by Gasteiger charge is -2.35. The first-order valence-electron chi connectivity index (χ1n) is 12.5. The van der Waals surface area contributed by atoms with Crippen LogP contribution in [0.25, 0.3) is 0 Å². The lowest BCUT2D eigenvalue weighted by atomic mass is 9.76. The Labute approximate surface area is 205 Å². The number of amides is 1. The number of hydrogen-bond donors (Lipinski definition) is 1. The molecule has 186 valence electrons. The minimum atomic E-state index is -1.07. The summed E-state index contributed by atoms with van der Waals surface area (Å²) in [5, 5.41) is 9.10. The molecule has 2 heterocycles. The number of nitrogens with zero attached hydrogens (tertiary/aromatic N) is 2. The molecule has 4 rings (SSSR count). The SMILES string of the molecule is CC(CF)C1CCC(C(=O)N2CC[C@H](c3ccccc3)[C@H]2C(=O)Cc2ccc(C(=O)O)cn2)CC1. The molecule has 3 atom stereocenters. The van der Waals surface area contributed by atoms with E-state index < -0.39 is 12.0 Å². The van der Waals surface area contributed by atoms with Crippen LogP contribution in [0, 0.1) is 17.8 Å². The maximum absolute atomic E-state index is 13.6. The molecule has 0 bridgehead atoms. The van der Waals surface area contributed by atoms with Crippen LogP contribution < -0.4 is 0 Å². The van der Waals surface area contributed by atoms with Gasteiger partial charge in [-0.05, 0) is 61.6 Å². The van der Waals surface area contributed by atoms with Gasteiger partial charge in [-0.1, -0.05) is 37.3 Å². The fraction of sp³-hybridized carbons (Fsp3) is 0.500. The molecule has 6 nitrogen and oxygen atoms in total. The van der Waals surface area contributed by atoms with Crippen molar-refractivity contribution in [2.75, 3.05) is 13.2 Å². The highest BCUT2D eigenvalue weighted by atomic mass is 19.1. The number of aromatic nitrogens is 1. The summed E-state index contributed by atoms with van der Waals surface area (Å²) >= 11 is 0. The molecule has 35 heavy (non-hydrogen) atoms. The molecule has 1 aromatic heterocycles. The van der Waals surface area contributed by atoms with E-state index in [1.54, 1.807) is 11.0 Å². The molecular weight excluding hydrogens is 447 g/mol. The quantitative estimate of drug-likeness (QED) is 0.592. The Hall–Kier alpha value is -3.09. The number of ketones is 1. The number of Topliss-reactive ketones (excluding diaryl/α,β-unsaturated/α-hetero) is 1. The predicted octanol–water partition coefficient (Wildman–Crippen LogP) is 4.69. The molecule has 1 aromatic carbocycles. The number of carbonyl (C=O) groups is 3. The third kappa shape index (κ3) is 5.60. The zero-order chi connectivity index (χ0) is 24.9. The van der Waals surface area contributed by atoms with Crippen LogP contribution in [-0.2, 0) is 16.0 Å². The molecule has 1 aliphatic heterocycles. The number of pyridine rings is 1. The van der Waals surface area contributed by atoms with E-state index in [-0.39, 0.29) is 48.1 Å². The van der Waals surface area contributed by atoms with Crippen molar-refractivity contribution in [3.8, 4) is 0 Å². The van der Waals surface area contributed by atoms with Gasteiger partial charge in [0, 0.05) is 30.3 Å². The number of rotatable bonds is 8. The summed E-state index contributed by atoms with van der Waals surface area (Å²) in [6.07, 6.45) is 5.17. The Morgan fingerprint density at radius 2 is 1.77 bits per heavy atom. The average molecular weight is 481 g/mol. The van der Waals surface area contributed by atoms with E-state index in [2.05, 4.69) is 4.98 Å². The predicted molar refractivity (Wildman–Crippen MR) is 130 cm³/mol. The van der Waals surface area contributed by atoms with Crippen molar-refractivity contribution >= 4 is 17.7 Å². The number of carboxylic acids is 1. The third-order valence-corrected chi connectivity index (χ3v) is 7.83. The van der Waals surface area contributed by atoms with E-state index in [1.807, 2.05) is 37.3 Å². The van der Waals surface area contributed by atoms with Crippen molar-refractivity contribution in [2.45, 2.75) is 57.4 Å². The van der Waals surface area contributed by atoms with Crippen LogP contribution in [0.3, 0.4) is 0 Å². The van der Waals surface area contributed by atoms with E-state index in [4.69, 9.17) is 5.11 Å². The van der Waals surface area contributed by atoms with Crippen LogP contribution in [-0.4, -0.2) is 51.9 Å². The second-order valence-corrected chi connectivity index (χ2v) is 10.0. The lowest BCUT2D eigenvalue weighted by Crippen LogP contribution is -2.46. The van der Waals surface area contributed by atoms with Crippen LogP contribution in [0.4, 0.5) is 4.39 Å². The van der Waals surface area contributed by atoms with Gasteiger partial charge in [-0.3, -0.25) is 19.0 Å². The fourth-order valence-corrected chi connectivity index (χ4v) is 5.72. The average Bonchev–Trinajstić information content (AvgIpc) is 3.34. The van der Waals surface area contributed by atoms with Gasteiger partial charge in [-0.15, -0.1) is 0 Å². The molecule has 0 spiro atoms. The Bertz CT molecular complexity index is 1030. The van der Waals surface area contributed by atoms with E-state index in [9.17, 15) is 18.8 Å². The third-order valence-electron chi connectivity index (χ3n) is 7.83. The highest BCUT2D eigenvalue weighted by Crippen LogP contribution is 2.39. The number of carbonyl (C=O) groups excluding carboxylic acids is 2. The van der Waals surface area contributed by atoms with Gasteiger partial charge in [-0.25, -0.2) is 4.79 Å². The van der Waals surface area contributed by atoms with Crippen LogP contribution in [0.15, 0.2) is 48.7 Å². The zero-order valence-electron chi connectivity index (χ0n) is 20.1. The van der Waals surface area contributed by atoms with Crippen LogP contribution in [0.2, 0.25) is 0 Å². The molecule has 1 saturated carbocycles. The first kappa shape index (κ1) is 25.0. The minimum Gasteiger partial charge on any atom is -0.478 e. The van der Waals surface area contributed by atoms with Crippen molar-refractivity contribution in [3.63, 3.8) is 0 Å². The van der Waals surface area contributed by atoms with Crippen molar-refractivity contribution in [1.82, 2.24) is 9.88 Å². The van der Waals surface area contributed by atoms with Gasteiger partial charge >= 0.3 is 5.97 Å². The lowest BCUT2D eigenvalue weighted by molar-refractivity contribution is -0.142. The minimum absolute atomic E-state index is 0.0228. The second-order valence-electron chi connectivity index (χ2n) is 10.0. The van der Waals surface area contributed by atoms with Crippen molar-refractivity contribution < 1.29 is 23.9 Å². The Morgan fingerprint density at radius 3 is 2.37 bits per heavy atom. The molecule has 2 fully saturated rings. The number of alkyl halides is 1. The molecule has 7 heteroatoms. The van der Waals surface area contributed by atoms with E-state index in [1.165, 1.54) is 12.3 Å². The highest BCUT2D eigenvalue weighted by molar-refractivity contribution is 5.92. The highest BCUT2D eigenvalue weighted by Gasteiger charge is 2.44. The summed E-state index contributed by atoms with van der Waals surface area (Å²) in [6, 6.07) is 12.3. The topological polar surface area (TPSA) is 87.6 Å². The number of benzene rings is 1. The van der Waals surface area contributed by atoms with Gasteiger partial charge in [0.05, 0.1) is 24.7 Å². The summed E-state index contributed by atoms with van der Waals surface area (Å²) in [7, 11) is 0. The number of likely N-dealkylation sites (tertiary alicyclic amines) is 1. The molecule has 1 unspecified atom stereocenters. The number of hydrogen-bond acceptors (Lipinski definition) is 4. The van der Waals surface area contributed by atoms with E-state index in [0.717, 1.165) is 31.2 Å². The summed E-state index contributed by atoms with van der Waals surface area (Å²) < 4.78 is 13.1. The van der Waals surface area contributed by atoms with Crippen LogP contribution in [0.5, 0.6) is 0 Å². The standard InChI is InChI=1S/C28H33FN2O4/c1-18(16-29)19-7-9-21(10-8-19)27(33)31-14-13-24(20-5-3-2-4-6-20)26(31)25(32)15-23-12-11-22(17-30-23)28(34)35/h2-6,11-12,17-19,21,24,26H,7-10,13-16H2,1H3,(H,34,35)/t18?,19?,21?,24-,26+/m1/s1. The van der Waals surface area contributed by atoms with Gasteiger partial charge in [-0.2, -0.15) is 0 Å². The monoisotopic (exact) mass is 480 g/mol. The maximum atomic E-state index is 13.6. The van der Waals surface area contributed by atoms with Crippen LogP contribution in [0.1, 0.15) is 66.6 Å². The Morgan fingerprint density at radius 1 is 1.06 bits per heavy atom. The number of carboxylic acid groups (broad SMARTS) is 1. The van der Waals surface area contributed by atoms with Gasteiger partial charge in [0.1, 0.15) is 0 Å². The van der Waals surface area contributed by atoms with Gasteiger partial charge in [0.25, 0.3) is 0 Å². The van der Waals surface area contributed by atoms with Crippen molar-refractivity contribution in [2.24, 2.45) is 17.8 Å². The zero-order valence-corrected chi connectivity index (χ0v) is 20.1. The Kier molecular flexibility index (Phi) is 7.93. The first-order chi connectivity index (χ1) is 16.9. The fourth-order valence-electron chi connectivity index (χ4n) is 5.72. The van der Waals surface area contributed by atoms with E-state index in [0.29, 0.717) is 24.6 Å². The maximum Gasteiger partial charge on any atom is 0.337 e. The number of aromatic carboxylic acids is 1. The smallest absolute Gasteiger partial charge is 0.337 e. The van der Waals surface area contributed by atoms with Gasteiger partial charge < -0.3 is 10.0 Å². The summed E-state index contributed by atoms with van der Waals surface area (Å²) in [5.41, 5.74) is 1.60. The van der Waals surface area contributed by atoms with Gasteiger partial charge in [0.2, 0.25) is 5.91 Å². The molecular formula is C28H33FN2O4. The molecule has 1 N–H and O–H groups in total. The summed E-state index contributed by atoms with van der Waals surface area (Å²) in [6.45, 7) is 2.14.